The van der Waals surface area contributed by atoms with Gasteiger partial charge in [0.05, 0.1) is 6.54 Å². The molecule has 2 N–H and O–H groups in total. The van der Waals surface area contributed by atoms with Crippen LogP contribution in [0.15, 0.2) is 6.07 Å². The van der Waals surface area contributed by atoms with Crippen molar-refractivity contribution in [1.29, 1.82) is 0 Å². The summed E-state index contributed by atoms with van der Waals surface area (Å²) in [5, 5.41) is 5.43. The molecule has 0 aromatic carbocycles. The van der Waals surface area contributed by atoms with E-state index in [0.717, 1.165) is 11.4 Å². The second-order valence-corrected chi connectivity index (χ2v) is 3.94. The molecule has 1 aromatic rings. The van der Waals surface area contributed by atoms with Gasteiger partial charge >= 0.3 is 0 Å². The molecule has 1 rings (SSSR count). The molecule has 88 valence electrons. The quantitative estimate of drug-likeness (QED) is 0.799. The second kappa shape index (κ2) is 5.44. The maximum Gasteiger partial charge on any atom is 0.239 e. The minimum Gasteiger partial charge on any atom is -0.358 e. The van der Waals surface area contributed by atoms with Crippen LogP contribution in [-0.4, -0.2) is 29.5 Å². The van der Waals surface area contributed by atoms with Crippen molar-refractivity contribution in [2.24, 2.45) is 0 Å². The first-order chi connectivity index (χ1) is 7.52. The molecule has 0 aliphatic carbocycles. The highest BCUT2D eigenvalue weighted by molar-refractivity contribution is 5.79. The van der Waals surface area contributed by atoms with Crippen molar-refractivity contribution in [1.82, 2.24) is 15.3 Å². The van der Waals surface area contributed by atoms with Crippen molar-refractivity contribution < 1.29 is 4.79 Å². The van der Waals surface area contributed by atoms with Crippen LogP contribution in [0.5, 0.6) is 0 Å². The largest absolute Gasteiger partial charge is 0.358 e. The van der Waals surface area contributed by atoms with E-state index in [1.54, 1.807) is 7.05 Å². The average Bonchev–Trinajstić information content (AvgIpc) is 2.25. The Balaban J connectivity index is 2.76. The molecule has 16 heavy (non-hydrogen) atoms. The standard InChI is InChI=1S/C11H18N4O/c1-7(2)9-5-8(3)14-11(15-9)13-6-10(16)12-4/h5,7H,6H2,1-4H3,(H,12,16)(H,13,14,15). The lowest BCUT2D eigenvalue weighted by atomic mass is 10.1. The number of anilines is 1. The molecule has 0 aliphatic heterocycles. The summed E-state index contributed by atoms with van der Waals surface area (Å²) < 4.78 is 0. The predicted molar refractivity (Wildman–Crippen MR) is 63.4 cm³/mol. The Bertz CT molecular complexity index is 376. The molecule has 0 bridgehead atoms. The molecule has 0 saturated heterocycles. The molecule has 0 fully saturated rings. The van der Waals surface area contributed by atoms with E-state index >= 15 is 0 Å². The Kier molecular flexibility index (Phi) is 4.22. The minimum atomic E-state index is -0.0868. The first-order valence-electron chi connectivity index (χ1n) is 5.33. The third kappa shape index (κ3) is 3.49. The van der Waals surface area contributed by atoms with Gasteiger partial charge in [0.15, 0.2) is 0 Å². The van der Waals surface area contributed by atoms with Crippen LogP contribution in [0.4, 0.5) is 5.95 Å². The number of carbonyl (C=O) groups is 1. The Morgan fingerprint density at radius 2 is 2.12 bits per heavy atom. The number of nitrogens with one attached hydrogen (secondary N) is 2. The van der Waals surface area contributed by atoms with E-state index in [4.69, 9.17) is 0 Å². The molecule has 0 unspecified atom stereocenters. The van der Waals surface area contributed by atoms with Gasteiger partial charge in [0, 0.05) is 18.4 Å². The number of hydrogen-bond donors (Lipinski definition) is 2. The van der Waals surface area contributed by atoms with Crippen LogP contribution in [0, 0.1) is 6.92 Å². The van der Waals surface area contributed by atoms with Crippen LogP contribution in [0.1, 0.15) is 31.2 Å². The van der Waals surface area contributed by atoms with Crippen molar-refractivity contribution in [2.75, 3.05) is 18.9 Å². The van der Waals surface area contributed by atoms with Crippen molar-refractivity contribution in [2.45, 2.75) is 26.7 Å². The van der Waals surface area contributed by atoms with Gasteiger partial charge in [0.2, 0.25) is 11.9 Å². The zero-order chi connectivity index (χ0) is 12.1. The van der Waals surface area contributed by atoms with E-state index in [1.807, 2.05) is 13.0 Å². The summed E-state index contributed by atoms with van der Waals surface area (Å²) in [6.45, 7) is 6.25. The minimum absolute atomic E-state index is 0.0868. The summed E-state index contributed by atoms with van der Waals surface area (Å²) in [6.07, 6.45) is 0. The number of likely N-dealkylation sites (N-methyl/N-ethyl adjacent to an activating group) is 1. The Hall–Kier alpha value is -1.65. The summed E-state index contributed by atoms with van der Waals surface area (Å²) in [5.74, 6) is 0.769. The number of nitrogens with zero attached hydrogens (tertiary/aromatic N) is 2. The van der Waals surface area contributed by atoms with Gasteiger partial charge in [-0.1, -0.05) is 13.8 Å². The maximum absolute atomic E-state index is 11.1. The van der Waals surface area contributed by atoms with Crippen molar-refractivity contribution >= 4 is 11.9 Å². The van der Waals surface area contributed by atoms with E-state index in [0.29, 0.717) is 11.9 Å². The van der Waals surface area contributed by atoms with Gasteiger partial charge in [0.25, 0.3) is 0 Å². The second-order valence-electron chi connectivity index (χ2n) is 3.94. The lowest BCUT2D eigenvalue weighted by molar-refractivity contribution is -0.118. The zero-order valence-electron chi connectivity index (χ0n) is 10.2. The molecular formula is C11H18N4O. The summed E-state index contributed by atoms with van der Waals surface area (Å²) in [4.78, 5) is 19.6. The lowest BCUT2D eigenvalue weighted by Crippen LogP contribution is -2.26. The Morgan fingerprint density at radius 3 is 2.69 bits per heavy atom. The molecule has 0 atom stereocenters. The van der Waals surface area contributed by atoms with Gasteiger partial charge in [-0.15, -0.1) is 0 Å². The summed E-state index contributed by atoms with van der Waals surface area (Å²) in [6, 6.07) is 1.95. The molecule has 5 nitrogen and oxygen atoms in total. The van der Waals surface area contributed by atoms with Crippen LogP contribution in [0.3, 0.4) is 0 Å². The van der Waals surface area contributed by atoms with Crippen molar-refractivity contribution in [3.8, 4) is 0 Å². The highest BCUT2D eigenvalue weighted by Crippen LogP contribution is 2.13. The first kappa shape index (κ1) is 12.4. The average molecular weight is 222 g/mol. The third-order valence-electron chi connectivity index (χ3n) is 2.15. The number of rotatable bonds is 4. The smallest absolute Gasteiger partial charge is 0.239 e. The predicted octanol–water partition coefficient (Wildman–Crippen LogP) is 1.07. The number of aryl methyl sites for hydroxylation is 1. The molecule has 0 spiro atoms. The highest BCUT2D eigenvalue weighted by atomic mass is 16.1. The number of amides is 1. The molecule has 1 heterocycles. The molecule has 1 aromatic heterocycles. The molecule has 0 radical (unpaired) electrons. The van der Waals surface area contributed by atoms with E-state index in [-0.39, 0.29) is 12.5 Å². The molecule has 5 heteroatoms. The van der Waals surface area contributed by atoms with E-state index in [2.05, 4.69) is 34.4 Å². The van der Waals surface area contributed by atoms with Crippen LogP contribution < -0.4 is 10.6 Å². The van der Waals surface area contributed by atoms with Gasteiger partial charge in [-0.05, 0) is 18.9 Å². The fourth-order valence-electron chi connectivity index (χ4n) is 1.22. The first-order valence-corrected chi connectivity index (χ1v) is 5.33. The van der Waals surface area contributed by atoms with Crippen LogP contribution in [-0.2, 0) is 4.79 Å². The van der Waals surface area contributed by atoms with Gasteiger partial charge in [0.1, 0.15) is 0 Å². The van der Waals surface area contributed by atoms with Crippen LogP contribution in [0.25, 0.3) is 0 Å². The number of carbonyl (C=O) groups excluding carboxylic acids is 1. The SMILES string of the molecule is CNC(=O)CNc1nc(C)cc(C(C)C)n1. The highest BCUT2D eigenvalue weighted by Gasteiger charge is 2.06. The lowest BCUT2D eigenvalue weighted by Gasteiger charge is -2.09. The van der Waals surface area contributed by atoms with Gasteiger partial charge < -0.3 is 10.6 Å². The molecule has 0 aliphatic rings. The summed E-state index contributed by atoms with van der Waals surface area (Å²) in [7, 11) is 1.60. The van der Waals surface area contributed by atoms with Crippen LogP contribution in [0.2, 0.25) is 0 Å². The molecule has 1 amide bonds. The maximum atomic E-state index is 11.1. The zero-order valence-corrected chi connectivity index (χ0v) is 10.2. The Morgan fingerprint density at radius 1 is 1.44 bits per heavy atom. The van der Waals surface area contributed by atoms with Gasteiger partial charge in [-0.3, -0.25) is 4.79 Å². The fraction of sp³-hybridized carbons (Fsp3) is 0.545. The van der Waals surface area contributed by atoms with Gasteiger partial charge in [-0.25, -0.2) is 9.97 Å². The van der Waals surface area contributed by atoms with E-state index in [9.17, 15) is 4.79 Å². The van der Waals surface area contributed by atoms with E-state index < -0.39 is 0 Å². The Labute approximate surface area is 95.7 Å². The van der Waals surface area contributed by atoms with Crippen molar-refractivity contribution in [3.05, 3.63) is 17.5 Å². The molecule has 0 saturated carbocycles. The number of aromatic nitrogens is 2. The number of hydrogen-bond acceptors (Lipinski definition) is 4. The van der Waals surface area contributed by atoms with Gasteiger partial charge in [-0.2, -0.15) is 0 Å². The van der Waals surface area contributed by atoms with Crippen LogP contribution >= 0.6 is 0 Å². The normalized spacial score (nSPS) is 10.3. The van der Waals surface area contributed by atoms with Crippen molar-refractivity contribution in [3.63, 3.8) is 0 Å². The summed E-state index contributed by atoms with van der Waals surface area (Å²) >= 11 is 0. The fourth-order valence-corrected chi connectivity index (χ4v) is 1.22. The van der Waals surface area contributed by atoms with E-state index in [1.165, 1.54) is 0 Å². The molecular weight excluding hydrogens is 204 g/mol. The monoisotopic (exact) mass is 222 g/mol. The third-order valence-corrected chi connectivity index (χ3v) is 2.15. The topological polar surface area (TPSA) is 66.9 Å². The summed E-state index contributed by atoms with van der Waals surface area (Å²) in [5.41, 5.74) is 1.88.